The van der Waals surface area contributed by atoms with E-state index >= 15 is 0 Å². The molecule has 2 N–H and O–H groups in total. The van der Waals surface area contributed by atoms with E-state index in [9.17, 15) is 0 Å². The van der Waals surface area contributed by atoms with E-state index in [0.29, 0.717) is 5.92 Å². The zero-order chi connectivity index (χ0) is 11.1. The van der Waals surface area contributed by atoms with Crippen molar-refractivity contribution in [1.82, 2.24) is 0 Å². The highest BCUT2D eigenvalue weighted by molar-refractivity contribution is 5.52. The molecule has 3 nitrogen and oxygen atoms in total. The molecule has 1 aliphatic carbocycles. The van der Waals surface area contributed by atoms with Crippen LogP contribution in [-0.2, 0) is 5.54 Å². The molecule has 0 aliphatic heterocycles. The molecule has 0 bridgehead atoms. The van der Waals surface area contributed by atoms with Crippen LogP contribution in [0, 0.1) is 5.92 Å². The number of benzene rings is 1. The monoisotopic (exact) mass is 207 g/mol. The third kappa shape index (κ3) is 1.47. The molecule has 2 unspecified atom stereocenters. The minimum Gasteiger partial charge on any atom is -0.493 e. The molecule has 3 heteroatoms. The van der Waals surface area contributed by atoms with Crippen molar-refractivity contribution >= 4 is 0 Å². The van der Waals surface area contributed by atoms with Crippen LogP contribution < -0.4 is 15.2 Å². The van der Waals surface area contributed by atoms with Gasteiger partial charge in [0.05, 0.1) is 14.2 Å². The molecule has 0 spiro atoms. The van der Waals surface area contributed by atoms with E-state index in [1.165, 1.54) is 0 Å². The molecule has 0 aromatic heterocycles. The fraction of sp³-hybridized carbons (Fsp3) is 0.500. The van der Waals surface area contributed by atoms with Crippen molar-refractivity contribution in [2.45, 2.75) is 18.9 Å². The Morgan fingerprint density at radius 3 is 2.47 bits per heavy atom. The fourth-order valence-corrected chi connectivity index (χ4v) is 2.08. The van der Waals surface area contributed by atoms with E-state index in [0.717, 1.165) is 23.5 Å². The molecule has 0 amide bonds. The van der Waals surface area contributed by atoms with Crippen LogP contribution in [0.15, 0.2) is 18.2 Å². The molecule has 1 aromatic rings. The molecule has 1 aromatic carbocycles. The molecule has 0 heterocycles. The van der Waals surface area contributed by atoms with Crippen molar-refractivity contribution < 1.29 is 9.47 Å². The van der Waals surface area contributed by atoms with E-state index in [4.69, 9.17) is 15.2 Å². The number of rotatable bonds is 3. The first-order valence-electron chi connectivity index (χ1n) is 5.14. The van der Waals surface area contributed by atoms with Gasteiger partial charge in [-0.1, -0.05) is 19.1 Å². The summed E-state index contributed by atoms with van der Waals surface area (Å²) < 4.78 is 10.6. The summed E-state index contributed by atoms with van der Waals surface area (Å²) in [4.78, 5) is 0. The van der Waals surface area contributed by atoms with Gasteiger partial charge in [0.1, 0.15) is 0 Å². The van der Waals surface area contributed by atoms with Crippen LogP contribution >= 0.6 is 0 Å². The van der Waals surface area contributed by atoms with Gasteiger partial charge < -0.3 is 15.2 Å². The minimum atomic E-state index is -0.222. The lowest BCUT2D eigenvalue weighted by Gasteiger charge is -2.17. The number of hydrogen-bond acceptors (Lipinski definition) is 3. The normalized spacial score (nSPS) is 28.7. The summed E-state index contributed by atoms with van der Waals surface area (Å²) in [5.41, 5.74) is 7.11. The summed E-state index contributed by atoms with van der Waals surface area (Å²) >= 11 is 0. The second kappa shape index (κ2) is 3.42. The van der Waals surface area contributed by atoms with Crippen molar-refractivity contribution in [3.05, 3.63) is 23.8 Å². The van der Waals surface area contributed by atoms with Crippen molar-refractivity contribution in [3.63, 3.8) is 0 Å². The zero-order valence-electron chi connectivity index (χ0n) is 9.41. The summed E-state index contributed by atoms with van der Waals surface area (Å²) in [6, 6.07) is 5.86. The van der Waals surface area contributed by atoms with Crippen LogP contribution in [0.3, 0.4) is 0 Å². The van der Waals surface area contributed by atoms with E-state index in [-0.39, 0.29) is 5.54 Å². The van der Waals surface area contributed by atoms with Gasteiger partial charge in [0.25, 0.3) is 0 Å². The Labute approximate surface area is 90.2 Å². The fourth-order valence-electron chi connectivity index (χ4n) is 2.08. The molecule has 0 radical (unpaired) electrons. The standard InChI is InChI=1S/C12H17NO2/c1-8-7-12(8,13)9-5-4-6-10(14-2)11(9)15-3/h4-6,8H,7,13H2,1-3H3. The second-order valence-electron chi connectivity index (χ2n) is 4.19. The summed E-state index contributed by atoms with van der Waals surface area (Å²) in [5.74, 6) is 2.03. The highest BCUT2D eigenvalue weighted by Gasteiger charge is 2.50. The Hall–Kier alpha value is -1.22. The summed E-state index contributed by atoms with van der Waals surface area (Å²) in [7, 11) is 3.29. The molecule has 15 heavy (non-hydrogen) atoms. The summed E-state index contributed by atoms with van der Waals surface area (Å²) in [6.07, 6.45) is 1.01. The van der Waals surface area contributed by atoms with Crippen LogP contribution in [0.5, 0.6) is 11.5 Å². The van der Waals surface area contributed by atoms with Gasteiger partial charge in [-0.25, -0.2) is 0 Å². The topological polar surface area (TPSA) is 44.5 Å². The van der Waals surface area contributed by atoms with Gasteiger partial charge in [0, 0.05) is 11.1 Å². The smallest absolute Gasteiger partial charge is 0.165 e. The number of nitrogens with two attached hydrogens (primary N) is 1. The first-order valence-corrected chi connectivity index (χ1v) is 5.14. The molecule has 1 fully saturated rings. The maximum Gasteiger partial charge on any atom is 0.165 e. The van der Waals surface area contributed by atoms with Gasteiger partial charge in [0.2, 0.25) is 0 Å². The van der Waals surface area contributed by atoms with Crippen LogP contribution in [0.25, 0.3) is 0 Å². The quantitative estimate of drug-likeness (QED) is 0.823. The third-order valence-corrected chi connectivity index (χ3v) is 3.27. The van der Waals surface area contributed by atoms with E-state index < -0.39 is 0 Å². The molecule has 1 saturated carbocycles. The number of hydrogen-bond donors (Lipinski definition) is 1. The predicted molar refractivity (Wildman–Crippen MR) is 59.2 cm³/mol. The second-order valence-corrected chi connectivity index (χ2v) is 4.19. The highest BCUT2D eigenvalue weighted by atomic mass is 16.5. The molecule has 1 aliphatic rings. The van der Waals surface area contributed by atoms with Gasteiger partial charge in [-0.05, 0) is 18.4 Å². The van der Waals surface area contributed by atoms with Gasteiger partial charge in [-0.2, -0.15) is 0 Å². The Morgan fingerprint density at radius 1 is 1.33 bits per heavy atom. The molecule has 2 rings (SSSR count). The Morgan fingerprint density at radius 2 is 2.00 bits per heavy atom. The van der Waals surface area contributed by atoms with Gasteiger partial charge in [0.15, 0.2) is 11.5 Å². The van der Waals surface area contributed by atoms with E-state index in [2.05, 4.69) is 6.92 Å². The SMILES string of the molecule is COc1cccc(C2(N)CC2C)c1OC. The number of ether oxygens (including phenoxy) is 2. The molecule has 82 valence electrons. The first-order chi connectivity index (χ1) is 7.13. The van der Waals surface area contributed by atoms with Crippen molar-refractivity contribution in [3.8, 4) is 11.5 Å². The van der Waals surface area contributed by atoms with Gasteiger partial charge in [-0.3, -0.25) is 0 Å². The van der Waals surface area contributed by atoms with Crippen molar-refractivity contribution in [2.24, 2.45) is 11.7 Å². The third-order valence-electron chi connectivity index (χ3n) is 3.27. The lowest BCUT2D eigenvalue weighted by Crippen LogP contribution is -2.22. The minimum absolute atomic E-state index is 0.222. The average molecular weight is 207 g/mol. The highest BCUT2D eigenvalue weighted by Crippen LogP contribution is 2.53. The average Bonchev–Trinajstić information content (AvgIpc) is 2.87. The maximum atomic E-state index is 6.28. The Bertz CT molecular complexity index is 378. The van der Waals surface area contributed by atoms with Crippen LogP contribution in [-0.4, -0.2) is 14.2 Å². The van der Waals surface area contributed by atoms with Crippen molar-refractivity contribution in [1.29, 1.82) is 0 Å². The van der Waals surface area contributed by atoms with Crippen LogP contribution in [0.2, 0.25) is 0 Å². The lowest BCUT2D eigenvalue weighted by atomic mass is 10.0. The van der Waals surface area contributed by atoms with Crippen LogP contribution in [0.4, 0.5) is 0 Å². The van der Waals surface area contributed by atoms with E-state index in [1.54, 1.807) is 14.2 Å². The predicted octanol–water partition coefficient (Wildman–Crippen LogP) is 1.90. The number of para-hydroxylation sites is 1. The Kier molecular flexibility index (Phi) is 2.35. The molecular weight excluding hydrogens is 190 g/mol. The molecular formula is C12H17NO2. The molecule has 2 atom stereocenters. The van der Waals surface area contributed by atoms with E-state index in [1.807, 2.05) is 18.2 Å². The largest absolute Gasteiger partial charge is 0.493 e. The van der Waals surface area contributed by atoms with Crippen LogP contribution in [0.1, 0.15) is 18.9 Å². The zero-order valence-corrected chi connectivity index (χ0v) is 9.41. The van der Waals surface area contributed by atoms with Gasteiger partial charge >= 0.3 is 0 Å². The lowest BCUT2D eigenvalue weighted by molar-refractivity contribution is 0.348. The van der Waals surface area contributed by atoms with Gasteiger partial charge in [-0.15, -0.1) is 0 Å². The maximum absolute atomic E-state index is 6.28. The first kappa shape index (κ1) is 10.3. The van der Waals surface area contributed by atoms with Crippen molar-refractivity contribution in [2.75, 3.05) is 14.2 Å². The number of methoxy groups -OCH3 is 2. The summed E-state index contributed by atoms with van der Waals surface area (Å²) in [5, 5.41) is 0. The molecule has 0 saturated heterocycles. The Balaban J connectivity index is 2.47. The summed E-state index contributed by atoms with van der Waals surface area (Å²) in [6.45, 7) is 2.15.